The average molecular weight is 328 g/mol. The SMILES string of the molecule is CCCc1nc(Br)cc(Nc2cc(F)ccc2F)n1. The topological polar surface area (TPSA) is 37.8 Å². The first-order chi connectivity index (χ1) is 9.08. The number of nitrogens with zero attached hydrogens (tertiary/aromatic N) is 2. The third-order valence-electron chi connectivity index (χ3n) is 2.41. The largest absolute Gasteiger partial charge is 0.338 e. The molecule has 0 aliphatic heterocycles. The molecule has 0 bridgehead atoms. The van der Waals surface area contributed by atoms with Crippen molar-refractivity contribution in [1.29, 1.82) is 0 Å². The van der Waals surface area contributed by atoms with Crippen molar-refractivity contribution < 1.29 is 8.78 Å². The van der Waals surface area contributed by atoms with Crippen molar-refractivity contribution in [3.63, 3.8) is 0 Å². The highest BCUT2D eigenvalue weighted by atomic mass is 79.9. The Morgan fingerprint density at radius 3 is 2.74 bits per heavy atom. The summed E-state index contributed by atoms with van der Waals surface area (Å²) in [5.74, 6) is 0.0324. The van der Waals surface area contributed by atoms with Crippen molar-refractivity contribution in [1.82, 2.24) is 9.97 Å². The van der Waals surface area contributed by atoms with E-state index in [1.54, 1.807) is 6.07 Å². The van der Waals surface area contributed by atoms with Gasteiger partial charge in [-0.2, -0.15) is 0 Å². The molecule has 2 rings (SSSR count). The number of anilines is 2. The minimum absolute atomic E-state index is 0.0491. The maximum atomic E-state index is 13.5. The number of aryl methyl sites for hydroxylation is 1. The molecule has 1 aromatic heterocycles. The average Bonchev–Trinajstić information content (AvgIpc) is 2.33. The summed E-state index contributed by atoms with van der Waals surface area (Å²) in [6, 6.07) is 4.84. The van der Waals surface area contributed by atoms with Gasteiger partial charge >= 0.3 is 0 Å². The van der Waals surface area contributed by atoms with Gasteiger partial charge in [0, 0.05) is 18.6 Å². The summed E-state index contributed by atoms with van der Waals surface area (Å²) in [6.45, 7) is 2.02. The molecular formula is C13H12BrF2N3. The van der Waals surface area contributed by atoms with Gasteiger partial charge in [-0.25, -0.2) is 18.7 Å². The van der Waals surface area contributed by atoms with E-state index in [1.807, 2.05) is 6.92 Å². The Morgan fingerprint density at radius 2 is 2.00 bits per heavy atom. The first-order valence-corrected chi connectivity index (χ1v) is 6.63. The molecule has 0 aliphatic rings. The predicted octanol–water partition coefficient (Wildman–Crippen LogP) is 4.21. The van der Waals surface area contributed by atoms with Crippen molar-refractivity contribution in [2.75, 3.05) is 5.32 Å². The zero-order chi connectivity index (χ0) is 13.8. The third kappa shape index (κ3) is 3.70. The van der Waals surface area contributed by atoms with E-state index in [1.165, 1.54) is 0 Å². The summed E-state index contributed by atoms with van der Waals surface area (Å²) < 4.78 is 27.2. The Bertz CT molecular complexity index is 590. The van der Waals surface area contributed by atoms with Crippen LogP contribution in [0, 0.1) is 11.6 Å². The summed E-state index contributed by atoms with van der Waals surface area (Å²) in [7, 11) is 0. The molecule has 0 spiro atoms. The van der Waals surface area contributed by atoms with Gasteiger partial charge in [-0.05, 0) is 34.5 Å². The smallest absolute Gasteiger partial charge is 0.146 e. The molecule has 100 valence electrons. The lowest BCUT2D eigenvalue weighted by atomic mass is 10.3. The lowest BCUT2D eigenvalue weighted by Crippen LogP contribution is -2.02. The summed E-state index contributed by atoms with van der Waals surface area (Å²) >= 11 is 3.27. The van der Waals surface area contributed by atoms with E-state index < -0.39 is 11.6 Å². The Labute approximate surface area is 118 Å². The summed E-state index contributed by atoms with van der Waals surface area (Å²) in [4.78, 5) is 8.45. The lowest BCUT2D eigenvalue weighted by Gasteiger charge is -2.08. The van der Waals surface area contributed by atoms with Crippen LogP contribution in [0.25, 0.3) is 0 Å². The number of rotatable bonds is 4. The molecular weight excluding hydrogens is 316 g/mol. The monoisotopic (exact) mass is 327 g/mol. The number of aromatic nitrogens is 2. The van der Waals surface area contributed by atoms with Crippen LogP contribution in [0.5, 0.6) is 0 Å². The molecule has 0 atom stereocenters. The zero-order valence-electron chi connectivity index (χ0n) is 10.3. The fourth-order valence-corrected chi connectivity index (χ4v) is 2.02. The molecule has 6 heteroatoms. The van der Waals surface area contributed by atoms with Crippen molar-refractivity contribution >= 4 is 27.4 Å². The van der Waals surface area contributed by atoms with E-state index in [9.17, 15) is 8.78 Å². The number of nitrogens with one attached hydrogen (secondary N) is 1. The first kappa shape index (κ1) is 13.9. The molecule has 0 radical (unpaired) electrons. The summed E-state index contributed by atoms with van der Waals surface area (Å²) in [5, 5.41) is 2.76. The second kappa shape index (κ2) is 6.06. The molecule has 1 aromatic carbocycles. The van der Waals surface area contributed by atoms with Crippen LogP contribution in [0.1, 0.15) is 19.2 Å². The Hall–Kier alpha value is -1.56. The van der Waals surface area contributed by atoms with E-state index in [4.69, 9.17) is 0 Å². The van der Waals surface area contributed by atoms with Gasteiger partial charge in [0.15, 0.2) is 0 Å². The first-order valence-electron chi connectivity index (χ1n) is 5.84. The molecule has 2 aromatic rings. The molecule has 0 aliphatic carbocycles. The molecule has 0 saturated carbocycles. The van der Waals surface area contributed by atoms with Gasteiger partial charge in [-0.15, -0.1) is 0 Å². The van der Waals surface area contributed by atoms with E-state index in [-0.39, 0.29) is 5.69 Å². The highest BCUT2D eigenvalue weighted by Crippen LogP contribution is 2.21. The third-order valence-corrected chi connectivity index (χ3v) is 2.81. The molecule has 1 N–H and O–H groups in total. The van der Waals surface area contributed by atoms with Crippen LogP contribution in [0.15, 0.2) is 28.9 Å². The van der Waals surface area contributed by atoms with E-state index in [0.717, 1.165) is 31.0 Å². The maximum Gasteiger partial charge on any atom is 0.146 e. The van der Waals surface area contributed by atoms with Gasteiger partial charge < -0.3 is 5.32 Å². The van der Waals surface area contributed by atoms with Crippen molar-refractivity contribution in [2.45, 2.75) is 19.8 Å². The highest BCUT2D eigenvalue weighted by Gasteiger charge is 2.07. The number of benzene rings is 1. The van der Waals surface area contributed by atoms with Gasteiger partial charge in [0.1, 0.15) is 27.9 Å². The number of hydrogen-bond donors (Lipinski definition) is 1. The molecule has 0 fully saturated rings. The normalized spacial score (nSPS) is 10.5. The fourth-order valence-electron chi connectivity index (χ4n) is 1.60. The second-order valence-corrected chi connectivity index (χ2v) is 4.80. The Morgan fingerprint density at radius 1 is 1.21 bits per heavy atom. The van der Waals surface area contributed by atoms with E-state index in [2.05, 4.69) is 31.2 Å². The van der Waals surface area contributed by atoms with Crippen molar-refractivity contribution in [2.24, 2.45) is 0 Å². The van der Waals surface area contributed by atoms with Crippen molar-refractivity contribution in [3.8, 4) is 0 Å². The van der Waals surface area contributed by atoms with Crippen LogP contribution in [0.3, 0.4) is 0 Å². The quantitative estimate of drug-likeness (QED) is 0.854. The lowest BCUT2D eigenvalue weighted by molar-refractivity contribution is 0.603. The van der Waals surface area contributed by atoms with Crippen LogP contribution in [0.2, 0.25) is 0 Å². The van der Waals surface area contributed by atoms with E-state index in [0.29, 0.717) is 16.2 Å². The van der Waals surface area contributed by atoms with Gasteiger partial charge in [0.25, 0.3) is 0 Å². The van der Waals surface area contributed by atoms with Gasteiger partial charge in [0.05, 0.1) is 5.69 Å². The van der Waals surface area contributed by atoms with Crippen LogP contribution in [-0.4, -0.2) is 9.97 Å². The Kier molecular flexibility index (Phi) is 4.42. The summed E-state index contributed by atoms with van der Waals surface area (Å²) in [5.41, 5.74) is 0.0491. The summed E-state index contributed by atoms with van der Waals surface area (Å²) in [6.07, 6.45) is 1.63. The number of hydrogen-bond acceptors (Lipinski definition) is 3. The Balaban J connectivity index is 2.29. The molecule has 0 saturated heterocycles. The molecule has 1 heterocycles. The zero-order valence-corrected chi connectivity index (χ0v) is 11.8. The van der Waals surface area contributed by atoms with Gasteiger partial charge in [-0.1, -0.05) is 6.92 Å². The fraction of sp³-hybridized carbons (Fsp3) is 0.231. The van der Waals surface area contributed by atoms with Crippen LogP contribution < -0.4 is 5.32 Å². The molecule has 3 nitrogen and oxygen atoms in total. The van der Waals surface area contributed by atoms with Crippen molar-refractivity contribution in [3.05, 3.63) is 46.3 Å². The van der Waals surface area contributed by atoms with Crippen LogP contribution >= 0.6 is 15.9 Å². The predicted molar refractivity (Wildman–Crippen MR) is 73.4 cm³/mol. The van der Waals surface area contributed by atoms with Crippen LogP contribution in [0.4, 0.5) is 20.3 Å². The molecule has 0 unspecified atom stereocenters. The molecule has 19 heavy (non-hydrogen) atoms. The molecule has 0 amide bonds. The van der Waals surface area contributed by atoms with Crippen LogP contribution in [-0.2, 0) is 6.42 Å². The minimum atomic E-state index is -0.534. The highest BCUT2D eigenvalue weighted by molar-refractivity contribution is 9.10. The van der Waals surface area contributed by atoms with Gasteiger partial charge in [-0.3, -0.25) is 0 Å². The minimum Gasteiger partial charge on any atom is -0.338 e. The second-order valence-electron chi connectivity index (χ2n) is 3.99. The standard InChI is InChI=1S/C13H12BrF2N3/c1-2-3-12-18-11(14)7-13(19-12)17-10-6-8(15)4-5-9(10)16/h4-7H,2-3H2,1H3,(H,17,18,19). The van der Waals surface area contributed by atoms with Gasteiger partial charge in [0.2, 0.25) is 0 Å². The van der Waals surface area contributed by atoms with E-state index >= 15 is 0 Å². The number of halogens is 3. The maximum absolute atomic E-state index is 13.5.